The van der Waals surface area contributed by atoms with Crippen molar-refractivity contribution in [3.63, 3.8) is 0 Å². The minimum atomic E-state index is 0.519. The monoisotopic (exact) mass is 294 g/mol. The lowest BCUT2D eigenvalue weighted by atomic mass is 10.1. The predicted octanol–water partition coefficient (Wildman–Crippen LogP) is 3.45. The van der Waals surface area contributed by atoms with Crippen LogP contribution in [0.4, 0.5) is 5.82 Å². The summed E-state index contributed by atoms with van der Waals surface area (Å²) in [4.78, 5) is 6.84. The number of ether oxygens (including phenoxy) is 1. The lowest BCUT2D eigenvalue weighted by Gasteiger charge is -2.28. The lowest BCUT2D eigenvalue weighted by Crippen LogP contribution is -2.33. The molecule has 3 rings (SSSR count). The molecule has 0 bridgehead atoms. The zero-order chi connectivity index (χ0) is 13.2. The molecule has 0 atom stereocenters. The third kappa shape index (κ3) is 2.47. The molecule has 1 fully saturated rings. The molecular weight excluding hydrogens is 280 g/mol. The Labute approximate surface area is 121 Å². The van der Waals surface area contributed by atoms with Gasteiger partial charge in [0.2, 0.25) is 0 Å². The Hall–Kier alpha value is -1.13. The Morgan fingerprint density at radius 3 is 2.79 bits per heavy atom. The molecule has 100 valence electrons. The molecule has 1 saturated heterocycles. The van der Waals surface area contributed by atoms with E-state index in [1.807, 2.05) is 30.0 Å². The number of halogens is 1. The van der Waals surface area contributed by atoms with Crippen LogP contribution in [0.5, 0.6) is 5.75 Å². The highest BCUT2D eigenvalue weighted by atomic mass is 35.5. The van der Waals surface area contributed by atoms with Crippen molar-refractivity contribution in [3.8, 4) is 5.75 Å². The molecule has 2 heterocycles. The topological polar surface area (TPSA) is 25.4 Å². The summed E-state index contributed by atoms with van der Waals surface area (Å²) in [6, 6.07) is 7.91. The number of rotatable bonds is 2. The number of hydrogen-bond donors (Lipinski definition) is 0. The molecule has 1 aromatic carbocycles. The SMILES string of the molecule is COc1cccc2c(N3CCSCC3)nc(Cl)cc12. The van der Waals surface area contributed by atoms with Gasteiger partial charge in [-0.2, -0.15) is 11.8 Å². The van der Waals surface area contributed by atoms with Crippen molar-refractivity contribution in [2.24, 2.45) is 0 Å². The number of fused-ring (bicyclic) bond motifs is 1. The highest BCUT2D eigenvalue weighted by Crippen LogP contribution is 2.34. The summed E-state index contributed by atoms with van der Waals surface area (Å²) in [6.07, 6.45) is 0. The number of nitrogens with zero attached hydrogens (tertiary/aromatic N) is 2. The van der Waals surface area contributed by atoms with E-state index < -0.39 is 0 Å². The van der Waals surface area contributed by atoms with Crippen molar-refractivity contribution in [2.45, 2.75) is 0 Å². The second-order valence-electron chi connectivity index (χ2n) is 4.42. The van der Waals surface area contributed by atoms with Gasteiger partial charge in [-0.3, -0.25) is 0 Å². The van der Waals surface area contributed by atoms with E-state index in [0.717, 1.165) is 46.9 Å². The number of thioether (sulfide) groups is 1. The van der Waals surface area contributed by atoms with Crippen LogP contribution in [-0.2, 0) is 0 Å². The third-order valence-electron chi connectivity index (χ3n) is 3.31. The largest absolute Gasteiger partial charge is 0.496 e. The van der Waals surface area contributed by atoms with Crippen molar-refractivity contribution in [1.29, 1.82) is 0 Å². The Kier molecular flexibility index (Phi) is 3.71. The summed E-state index contributed by atoms with van der Waals surface area (Å²) in [5, 5.41) is 2.65. The first-order chi connectivity index (χ1) is 9.29. The van der Waals surface area contributed by atoms with Gasteiger partial charge in [-0.25, -0.2) is 4.98 Å². The average molecular weight is 295 g/mol. The summed E-state index contributed by atoms with van der Waals surface area (Å²) in [5.41, 5.74) is 0. The predicted molar refractivity (Wildman–Crippen MR) is 82.8 cm³/mol. The molecule has 0 aliphatic carbocycles. The zero-order valence-electron chi connectivity index (χ0n) is 10.7. The first-order valence-corrected chi connectivity index (χ1v) is 7.79. The second kappa shape index (κ2) is 5.47. The van der Waals surface area contributed by atoms with Crippen molar-refractivity contribution in [1.82, 2.24) is 4.98 Å². The van der Waals surface area contributed by atoms with Crippen LogP contribution in [0.15, 0.2) is 24.3 Å². The molecule has 0 unspecified atom stereocenters. The maximum Gasteiger partial charge on any atom is 0.138 e. The number of pyridine rings is 1. The number of methoxy groups -OCH3 is 1. The van der Waals surface area contributed by atoms with E-state index in [0.29, 0.717) is 5.15 Å². The molecule has 0 radical (unpaired) electrons. The van der Waals surface area contributed by atoms with Crippen molar-refractivity contribution in [3.05, 3.63) is 29.4 Å². The smallest absolute Gasteiger partial charge is 0.138 e. The standard InChI is InChI=1S/C14H15ClN2OS/c1-18-12-4-2-3-10-11(12)9-13(15)16-14(10)17-5-7-19-8-6-17/h2-4,9H,5-8H2,1H3. The third-order valence-corrected chi connectivity index (χ3v) is 4.45. The Morgan fingerprint density at radius 1 is 1.26 bits per heavy atom. The van der Waals surface area contributed by atoms with Gasteiger partial charge in [0.05, 0.1) is 7.11 Å². The van der Waals surface area contributed by atoms with Crippen LogP contribution >= 0.6 is 23.4 Å². The van der Waals surface area contributed by atoms with Gasteiger partial charge in [-0.1, -0.05) is 23.7 Å². The quantitative estimate of drug-likeness (QED) is 0.792. The van der Waals surface area contributed by atoms with E-state index in [9.17, 15) is 0 Å². The van der Waals surface area contributed by atoms with Crippen LogP contribution < -0.4 is 9.64 Å². The summed E-state index contributed by atoms with van der Waals surface area (Å²) >= 11 is 8.16. The van der Waals surface area contributed by atoms with Crippen LogP contribution in [0, 0.1) is 0 Å². The molecule has 0 saturated carbocycles. The fraction of sp³-hybridized carbons (Fsp3) is 0.357. The van der Waals surface area contributed by atoms with Crippen molar-refractivity contribution < 1.29 is 4.74 Å². The fourth-order valence-electron chi connectivity index (χ4n) is 2.39. The van der Waals surface area contributed by atoms with Gasteiger partial charge in [-0.15, -0.1) is 0 Å². The van der Waals surface area contributed by atoms with Gasteiger partial charge >= 0.3 is 0 Å². The van der Waals surface area contributed by atoms with Crippen LogP contribution in [0.1, 0.15) is 0 Å². The van der Waals surface area contributed by atoms with E-state index >= 15 is 0 Å². The van der Waals surface area contributed by atoms with E-state index in [4.69, 9.17) is 16.3 Å². The second-order valence-corrected chi connectivity index (χ2v) is 6.04. The maximum atomic E-state index is 6.17. The molecular formula is C14H15ClN2OS. The van der Waals surface area contributed by atoms with E-state index in [1.54, 1.807) is 7.11 Å². The van der Waals surface area contributed by atoms with Gasteiger partial charge in [0.1, 0.15) is 16.7 Å². The maximum absolute atomic E-state index is 6.17. The summed E-state index contributed by atoms with van der Waals surface area (Å²) in [6.45, 7) is 2.04. The summed E-state index contributed by atoms with van der Waals surface area (Å²) in [7, 11) is 1.68. The highest BCUT2D eigenvalue weighted by molar-refractivity contribution is 7.99. The van der Waals surface area contributed by atoms with Crippen LogP contribution in [-0.4, -0.2) is 36.7 Å². The van der Waals surface area contributed by atoms with E-state index in [1.165, 1.54) is 0 Å². The number of hydrogen-bond acceptors (Lipinski definition) is 4. The summed E-state index contributed by atoms with van der Waals surface area (Å²) in [5.74, 6) is 4.09. The molecule has 0 amide bonds. The molecule has 2 aromatic rings. The van der Waals surface area contributed by atoms with Gasteiger partial charge in [-0.05, 0) is 12.1 Å². The van der Waals surface area contributed by atoms with Crippen LogP contribution in [0.2, 0.25) is 5.15 Å². The molecule has 3 nitrogen and oxygen atoms in total. The number of aromatic nitrogens is 1. The van der Waals surface area contributed by atoms with Crippen molar-refractivity contribution >= 4 is 40.0 Å². The average Bonchev–Trinajstić information content (AvgIpc) is 2.46. The molecule has 1 aliphatic heterocycles. The molecule has 5 heteroatoms. The van der Waals surface area contributed by atoms with Gasteiger partial charge < -0.3 is 9.64 Å². The normalized spacial score (nSPS) is 15.8. The number of anilines is 1. The molecule has 1 aliphatic rings. The Bertz CT molecular complexity index is 599. The van der Waals surface area contributed by atoms with Gasteiger partial charge in [0, 0.05) is 35.4 Å². The summed E-state index contributed by atoms with van der Waals surface area (Å²) < 4.78 is 5.42. The highest BCUT2D eigenvalue weighted by Gasteiger charge is 2.17. The first kappa shape index (κ1) is 12.9. The number of benzene rings is 1. The molecule has 0 N–H and O–H groups in total. The molecule has 1 aromatic heterocycles. The lowest BCUT2D eigenvalue weighted by molar-refractivity contribution is 0.420. The van der Waals surface area contributed by atoms with Gasteiger partial charge in [0.15, 0.2) is 0 Å². The van der Waals surface area contributed by atoms with Crippen molar-refractivity contribution in [2.75, 3.05) is 36.6 Å². The molecule has 0 spiro atoms. The van der Waals surface area contributed by atoms with Gasteiger partial charge in [0.25, 0.3) is 0 Å². The first-order valence-electron chi connectivity index (χ1n) is 6.25. The molecule has 19 heavy (non-hydrogen) atoms. The minimum absolute atomic E-state index is 0.519. The minimum Gasteiger partial charge on any atom is -0.496 e. The van der Waals surface area contributed by atoms with Crippen LogP contribution in [0.3, 0.4) is 0 Å². The van der Waals surface area contributed by atoms with E-state index in [2.05, 4.69) is 16.0 Å². The zero-order valence-corrected chi connectivity index (χ0v) is 12.3. The van der Waals surface area contributed by atoms with E-state index in [-0.39, 0.29) is 0 Å². The Balaban J connectivity index is 2.17. The fourth-order valence-corrected chi connectivity index (χ4v) is 3.49. The van der Waals surface area contributed by atoms with Crippen LogP contribution in [0.25, 0.3) is 10.8 Å². The Morgan fingerprint density at radius 2 is 2.05 bits per heavy atom.